The monoisotopic (exact) mass is 225 g/mol. The second-order valence-electron chi connectivity index (χ2n) is 1.94. The average Bonchev–Trinajstić information content (AvgIpc) is 2.13. The Kier molecular flexibility index (Phi) is 4.67. The molecule has 0 N–H and O–H groups in total. The first-order valence-electron chi connectivity index (χ1n) is 2.78. The molecule has 0 bridgehead atoms. The van der Waals surface area contributed by atoms with Crippen LogP contribution >= 0.6 is 11.3 Å². The van der Waals surface area contributed by atoms with E-state index < -0.39 is 0 Å². The molecule has 0 saturated heterocycles. The van der Waals surface area contributed by atoms with Gasteiger partial charge in [-0.25, -0.2) is 0 Å². The van der Waals surface area contributed by atoms with Gasteiger partial charge in [-0.15, -0.1) is 4.88 Å². The van der Waals surface area contributed by atoms with Crippen molar-refractivity contribution < 1.29 is 32.7 Å². The molecule has 51 valence electrons. The van der Waals surface area contributed by atoms with Crippen molar-refractivity contribution in [1.29, 1.82) is 0 Å². The molecule has 0 atom stereocenters. The molecule has 2 heteroatoms. The van der Waals surface area contributed by atoms with E-state index in [1.807, 2.05) is 6.92 Å². The molecule has 1 aromatic heterocycles. The van der Waals surface area contributed by atoms with Crippen molar-refractivity contribution in [2.45, 2.75) is 13.8 Å². The number of rotatable bonds is 1. The van der Waals surface area contributed by atoms with E-state index in [0.29, 0.717) is 0 Å². The van der Waals surface area contributed by atoms with Gasteiger partial charge in [0.1, 0.15) is 0 Å². The zero-order valence-corrected chi connectivity index (χ0v) is 9.80. The molecule has 0 unspecified atom stereocenters. The molecule has 0 aliphatic heterocycles. The topological polar surface area (TPSA) is 0 Å². The number of hydrogen-bond donors (Lipinski definition) is 0. The van der Waals surface area contributed by atoms with Crippen LogP contribution in [-0.2, 0) is 32.7 Å². The fourth-order valence-electron chi connectivity index (χ4n) is 0.615. The van der Waals surface area contributed by atoms with Gasteiger partial charge >= 0.3 is 0 Å². The second-order valence-corrected chi connectivity index (χ2v) is 3.20. The molecule has 0 nitrogen and oxygen atoms in total. The van der Waals surface area contributed by atoms with Crippen LogP contribution in [0.25, 0.3) is 6.08 Å². The van der Waals surface area contributed by atoms with Crippen molar-refractivity contribution in [3.63, 3.8) is 0 Å². The Morgan fingerprint density at radius 2 is 2.10 bits per heavy atom. The Bertz CT molecular complexity index is 206. The van der Waals surface area contributed by atoms with Crippen molar-refractivity contribution in [3.8, 4) is 0 Å². The maximum atomic E-state index is 5.29. The molecular formula is C8H8SY-2. The molecule has 0 saturated carbocycles. The van der Waals surface area contributed by atoms with Crippen LogP contribution in [0.3, 0.4) is 0 Å². The third-order valence-electron chi connectivity index (χ3n) is 1.25. The van der Waals surface area contributed by atoms with Gasteiger partial charge in [0.2, 0.25) is 0 Å². The van der Waals surface area contributed by atoms with Gasteiger partial charge in [-0.2, -0.15) is 5.56 Å². The van der Waals surface area contributed by atoms with Crippen LogP contribution < -0.4 is 0 Å². The summed E-state index contributed by atoms with van der Waals surface area (Å²) < 4.78 is 0. The molecule has 1 radical (unpaired) electrons. The molecule has 0 spiro atoms. The minimum atomic E-state index is 0. The average molecular weight is 225 g/mol. The van der Waals surface area contributed by atoms with E-state index in [4.69, 9.17) is 6.58 Å². The summed E-state index contributed by atoms with van der Waals surface area (Å²) in [6.45, 7) is 9.40. The van der Waals surface area contributed by atoms with Crippen molar-refractivity contribution in [1.82, 2.24) is 0 Å². The van der Waals surface area contributed by atoms with Crippen LogP contribution in [0.4, 0.5) is 0 Å². The van der Waals surface area contributed by atoms with Gasteiger partial charge < -0.3 is 24.0 Å². The van der Waals surface area contributed by atoms with Crippen LogP contribution in [0, 0.1) is 26.5 Å². The normalized spacial score (nSPS) is 8.60. The fraction of sp³-hybridized carbons (Fsp3) is 0.250. The van der Waals surface area contributed by atoms with E-state index in [1.54, 1.807) is 17.4 Å². The SMILES string of the molecule is [CH-]=Cc1[c-]c(C)c(C)s1.[Y]. The molecule has 1 aromatic rings. The summed E-state index contributed by atoms with van der Waals surface area (Å²) in [6, 6.07) is 3.13. The quantitative estimate of drug-likeness (QED) is 0.644. The van der Waals surface area contributed by atoms with E-state index in [2.05, 4.69) is 13.0 Å². The van der Waals surface area contributed by atoms with E-state index in [-0.39, 0.29) is 32.7 Å². The van der Waals surface area contributed by atoms with Crippen LogP contribution in [-0.4, -0.2) is 0 Å². The Balaban J connectivity index is 0.000000810. The molecule has 1 heterocycles. The summed E-state index contributed by atoms with van der Waals surface area (Å²) >= 11 is 1.68. The van der Waals surface area contributed by atoms with Crippen LogP contribution in [0.5, 0.6) is 0 Å². The molecule has 0 aromatic carbocycles. The maximum Gasteiger partial charge on any atom is 0 e. The molecule has 0 aliphatic carbocycles. The van der Waals surface area contributed by atoms with Crippen molar-refractivity contribution in [3.05, 3.63) is 28.0 Å². The van der Waals surface area contributed by atoms with Crippen molar-refractivity contribution in [2.75, 3.05) is 0 Å². The van der Waals surface area contributed by atoms with Crippen molar-refractivity contribution in [2.24, 2.45) is 0 Å². The van der Waals surface area contributed by atoms with Crippen molar-refractivity contribution >= 4 is 17.4 Å². The minimum Gasteiger partial charge on any atom is -0.360 e. The largest absolute Gasteiger partial charge is 0.360 e. The summed E-state index contributed by atoms with van der Waals surface area (Å²) in [5, 5.41) is 0. The maximum absolute atomic E-state index is 5.29. The van der Waals surface area contributed by atoms with Crippen LogP contribution in [0.2, 0.25) is 0 Å². The third kappa shape index (κ3) is 2.30. The van der Waals surface area contributed by atoms with Gasteiger partial charge in [-0.3, -0.25) is 10.9 Å². The Labute approximate surface area is 91.2 Å². The van der Waals surface area contributed by atoms with Crippen LogP contribution in [0.15, 0.2) is 0 Å². The molecular weight excluding hydrogens is 217 g/mol. The van der Waals surface area contributed by atoms with Gasteiger partial charge in [-0.05, 0) is 0 Å². The Hall–Kier alpha value is 0.544. The molecule has 0 aliphatic rings. The molecule has 10 heavy (non-hydrogen) atoms. The first kappa shape index (κ1) is 10.5. The summed E-state index contributed by atoms with van der Waals surface area (Å²) in [7, 11) is 0. The fourth-order valence-corrected chi connectivity index (χ4v) is 1.42. The predicted octanol–water partition coefficient (Wildman–Crippen LogP) is 2.61. The number of aryl methyl sites for hydroxylation is 2. The summed E-state index contributed by atoms with van der Waals surface area (Å²) in [5.74, 6) is 0. The van der Waals surface area contributed by atoms with Gasteiger partial charge in [-0.1, -0.05) is 13.8 Å². The van der Waals surface area contributed by atoms with Gasteiger partial charge in [0.15, 0.2) is 0 Å². The summed E-state index contributed by atoms with van der Waals surface area (Å²) in [4.78, 5) is 2.33. The van der Waals surface area contributed by atoms with Gasteiger partial charge in [0.25, 0.3) is 0 Å². The minimum absolute atomic E-state index is 0. The second kappa shape index (κ2) is 4.43. The Morgan fingerprint density at radius 1 is 1.50 bits per heavy atom. The number of hydrogen-bond acceptors (Lipinski definition) is 1. The smallest absolute Gasteiger partial charge is 0 e. The third-order valence-corrected chi connectivity index (χ3v) is 2.32. The van der Waals surface area contributed by atoms with E-state index in [0.717, 1.165) is 4.88 Å². The van der Waals surface area contributed by atoms with Gasteiger partial charge in [0, 0.05) is 32.7 Å². The summed E-state index contributed by atoms with van der Waals surface area (Å²) in [6.07, 6.45) is 1.59. The van der Waals surface area contributed by atoms with E-state index in [9.17, 15) is 0 Å². The first-order valence-corrected chi connectivity index (χ1v) is 3.60. The summed E-state index contributed by atoms with van der Waals surface area (Å²) in [5.41, 5.74) is 1.21. The predicted molar refractivity (Wildman–Crippen MR) is 41.4 cm³/mol. The number of thiophene rings is 1. The zero-order valence-electron chi connectivity index (χ0n) is 6.14. The van der Waals surface area contributed by atoms with E-state index in [1.165, 1.54) is 10.4 Å². The van der Waals surface area contributed by atoms with Gasteiger partial charge in [0.05, 0.1) is 0 Å². The molecule has 1 rings (SSSR count). The first-order chi connectivity index (χ1) is 4.24. The van der Waals surface area contributed by atoms with E-state index >= 15 is 0 Å². The molecule has 0 fully saturated rings. The molecule has 0 amide bonds. The zero-order chi connectivity index (χ0) is 6.85. The Morgan fingerprint density at radius 3 is 2.30 bits per heavy atom. The standard InChI is InChI=1S/C8H8S.Y/c1-4-8-5-6(2)7(3)9-8;/h1,4H,2-3H3;/q-2;. The van der Waals surface area contributed by atoms with Crippen LogP contribution in [0.1, 0.15) is 15.3 Å².